The molecule has 3 N–H and O–H groups in total. The van der Waals surface area contributed by atoms with Crippen LogP contribution in [0.25, 0.3) is 0 Å². The van der Waals surface area contributed by atoms with Crippen molar-refractivity contribution < 1.29 is 70.3 Å². The Morgan fingerprint density at radius 3 is 1.71 bits per heavy atom. The van der Waals surface area contributed by atoms with Crippen LogP contribution in [0.4, 0.5) is 0 Å². The van der Waals surface area contributed by atoms with Crippen molar-refractivity contribution >= 4 is 57.5 Å². The Morgan fingerprint density at radius 1 is 1.71 bits per heavy atom. The topological polar surface area (TPSA) is 49.9 Å². The Labute approximate surface area is 134 Å². The van der Waals surface area contributed by atoms with Gasteiger partial charge in [0.25, 0.3) is 0 Å². The second kappa shape index (κ2) is 22.5. The van der Waals surface area contributed by atoms with Gasteiger partial charge in [0.2, 0.25) is 0 Å². The van der Waals surface area contributed by atoms with Gasteiger partial charge in [-0.05, 0) is 0 Å². The summed E-state index contributed by atoms with van der Waals surface area (Å²) >= 11 is 4.96. The predicted molar refractivity (Wildman–Crippen MR) is 47.9 cm³/mol. The van der Waals surface area contributed by atoms with E-state index in [-0.39, 0.29) is 86.0 Å². The predicted octanol–water partition coefficient (Wildman–Crippen LogP) is -1.94. The first kappa shape index (κ1) is 17.1. The second-order valence-corrected chi connectivity index (χ2v) is 28.4. The Kier molecular flexibility index (Phi) is 55.1. The molecule has 0 aliphatic carbocycles. The van der Waals surface area contributed by atoms with Crippen molar-refractivity contribution in [3.63, 3.8) is 0 Å². The van der Waals surface area contributed by atoms with Gasteiger partial charge in [0, 0.05) is 0 Å². The number of nitrogens with two attached hydrogens (primary N) is 1. The number of halogens is 2. The zero-order valence-electron chi connectivity index (χ0n) is 4.91. The van der Waals surface area contributed by atoms with Crippen LogP contribution in [0.2, 0.25) is 0 Å². The first-order valence-electron chi connectivity index (χ1n) is 1.000. The zero-order valence-corrected chi connectivity index (χ0v) is 18.4. The molecule has 7 heavy (non-hydrogen) atoms. The fraction of sp³-hybridized carbons (Fsp3) is 0. The first-order valence-corrected chi connectivity index (χ1v) is 22.9. The minimum absolute atomic E-state index is 0. The van der Waals surface area contributed by atoms with E-state index in [0.29, 0.717) is 0 Å². The quantitative estimate of drug-likeness (QED) is 0.138. The van der Waals surface area contributed by atoms with Crippen LogP contribution in [0.15, 0.2) is 0 Å². The molecule has 0 saturated heterocycles. The summed E-state index contributed by atoms with van der Waals surface area (Å²) in [4.78, 5) is 0. The maximum absolute atomic E-state index is 5.86. The molecule has 0 atom stereocenters. The van der Waals surface area contributed by atoms with Crippen LogP contribution < -0.4 is 74.6 Å². The fourth-order valence-electron chi connectivity index (χ4n) is 0. The van der Waals surface area contributed by atoms with Crippen molar-refractivity contribution in [3.8, 4) is 0 Å². The van der Waals surface area contributed by atoms with Crippen LogP contribution in [0.3, 0.4) is 0 Å². The van der Waals surface area contributed by atoms with E-state index in [0.717, 1.165) is 6.34 Å². The number of hydrogen-bond acceptors (Lipinski definition) is 1. The van der Waals surface area contributed by atoms with Crippen molar-refractivity contribution in [1.82, 2.24) is 0 Å². The van der Waals surface area contributed by atoms with Crippen LogP contribution in [0.5, 0.6) is 0 Å². The normalized spacial score (nSPS) is 4.29. The SMILES string of the molecule is N=CN.[Cs+].[H-].[I][Pb][I]. The molecule has 0 heterocycles. The van der Waals surface area contributed by atoms with E-state index in [1.165, 1.54) is 0 Å². The van der Waals surface area contributed by atoms with Crippen LogP contribution in [-0.2, 0) is 0 Å². The molecular weight excluding hydrogens is 634 g/mol. The van der Waals surface area contributed by atoms with Gasteiger partial charge in [0.1, 0.15) is 0 Å². The molecule has 2 radical (unpaired) electrons. The van der Waals surface area contributed by atoms with E-state index in [4.69, 9.17) is 5.41 Å². The van der Waals surface area contributed by atoms with E-state index in [9.17, 15) is 0 Å². The molecule has 6 heteroatoms. The molecule has 0 unspecified atom stereocenters. The van der Waals surface area contributed by atoms with Crippen LogP contribution in [0, 0.1) is 5.41 Å². The first-order chi connectivity index (χ1) is 2.83. The maximum atomic E-state index is 5.86. The van der Waals surface area contributed by atoms with Crippen molar-refractivity contribution in [2.45, 2.75) is 0 Å². The standard InChI is InChI=1S/CH4N2.Cs.2HI.Pb.H/c2-1-3;;;;;/h1H,(H3,2,3);;2*1H;;/q;+1;;;+2;-1/p-2. The number of nitrogens with one attached hydrogen (secondary N) is 1. The third-order valence-electron chi connectivity index (χ3n) is 0. The van der Waals surface area contributed by atoms with Crippen LogP contribution in [-0.4, -0.2) is 22.0 Å². The van der Waals surface area contributed by atoms with Gasteiger partial charge >= 0.3 is 120 Å². The van der Waals surface area contributed by atoms with Crippen molar-refractivity contribution in [2.24, 2.45) is 5.73 Å². The molecule has 0 fully saturated rings. The van der Waals surface area contributed by atoms with Gasteiger partial charge in [-0.25, -0.2) is 0 Å². The van der Waals surface area contributed by atoms with E-state index < -0.39 is 0 Å². The van der Waals surface area contributed by atoms with Gasteiger partial charge in [0.05, 0.1) is 6.34 Å². The minimum atomic E-state index is 0. The Morgan fingerprint density at radius 2 is 1.71 bits per heavy atom. The Hall–Kier alpha value is 3.90. The van der Waals surface area contributed by atoms with E-state index in [2.05, 4.69) is 41.3 Å². The molecular formula is CH5CsI2N2Pb. The summed E-state index contributed by atoms with van der Waals surface area (Å²) in [6, 6.07) is 0. The fourth-order valence-corrected chi connectivity index (χ4v) is 0. The van der Waals surface area contributed by atoms with Gasteiger partial charge in [-0.3, -0.25) is 5.41 Å². The molecule has 0 aromatic carbocycles. The molecule has 0 rings (SSSR count). The molecule has 0 aliphatic rings. The molecule has 0 amide bonds. The molecule has 0 aliphatic heterocycles. The third kappa shape index (κ3) is 40.6. The van der Waals surface area contributed by atoms with E-state index in [1.54, 1.807) is 0 Å². The summed E-state index contributed by atoms with van der Waals surface area (Å²) in [5.41, 5.74) is 4.39. The van der Waals surface area contributed by atoms with Gasteiger partial charge in [0.15, 0.2) is 0 Å². The summed E-state index contributed by atoms with van der Waals surface area (Å²) < 4.78 is 0. The second-order valence-electron chi connectivity index (χ2n) is 0.238. The van der Waals surface area contributed by atoms with Crippen LogP contribution >= 0.6 is 35.5 Å². The van der Waals surface area contributed by atoms with Crippen molar-refractivity contribution in [1.29, 1.82) is 5.41 Å². The monoisotopic (exact) mass is 640 g/mol. The zero-order chi connectivity index (χ0) is 5.41. The third-order valence-corrected chi connectivity index (χ3v) is 0. The number of hydrogen-bond donors (Lipinski definition) is 2. The molecule has 38 valence electrons. The van der Waals surface area contributed by atoms with Gasteiger partial charge in [-0.1, -0.05) is 0 Å². The summed E-state index contributed by atoms with van der Waals surface area (Å²) in [5, 5.41) is 5.86. The summed E-state index contributed by atoms with van der Waals surface area (Å²) in [5.74, 6) is 0. The molecule has 0 spiro atoms. The van der Waals surface area contributed by atoms with Crippen molar-refractivity contribution in [2.75, 3.05) is 0 Å². The average molecular weight is 639 g/mol. The van der Waals surface area contributed by atoms with Gasteiger partial charge in [-0.15, -0.1) is 0 Å². The van der Waals surface area contributed by atoms with E-state index >= 15 is 0 Å². The summed E-state index contributed by atoms with van der Waals surface area (Å²) in [6.07, 6.45) is 0.750. The van der Waals surface area contributed by atoms with Gasteiger partial charge in [-0.2, -0.15) is 0 Å². The molecule has 0 aromatic rings. The summed E-state index contributed by atoms with van der Waals surface area (Å²) in [6.45, 7) is 0. The molecule has 0 saturated carbocycles. The Bertz CT molecular complexity index is 34.0. The van der Waals surface area contributed by atoms with Gasteiger partial charge < -0.3 is 7.16 Å². The van der Waals surface area contributed by atoms with Crippen molar-refractivity contribution in [3.05, 3.63) is 0 Å². The summed E-state index contributed by atoms with van der Waals surface area (Å²) in [7, 11) is 0. The number of rotatable bonds is 0. The molecule has 0 aromatic heterocycles. The molecule has 2 nitrogen and oxygen atoms in total. The van der Waals surface area contributed by atoms with Crippen LogP contribution in [0.1, 0.15) is 1.43 Å². The van der Waals surface area contributed by atoms with E-state index in [1.807, 2.05) is 0 Å². The average Bonchev–Trinajstić information content (AvgIpc) is 1.39. The Balaban J connectivity index is -0.0000000160. The molecule has 0 bridgehead atoms.